The van der Waals surface area contributed by atoms with Crippen LogP contribution in [0.4, 0.5) is 5.69 Å². The molecule has 6 heteroatoms. The van der Waals surface area contributed by atoms with Crippen LogP contribution in [-0.2, 0) is 4.79 Å². The van der Waals surface area contributed by atoms with Crippen molar-refractivity contribution < 1.29 is 19.4 Å². The molecule has 3 rings (SSSR count). The van der Waals surface area contributed by atoms with Crippen molar-refractivity contribution in [2.24, 2.45) is 0 Å². The van der Waals surface area contributed by atoms with Gasteiger partial charge in [-0.1, -0.05) is 19.3 Å². The average molecular weight is 320 g/mol. The fraction of sp³-hybridized carbons (Fsp3) is 0.588. The number of carbonyl (C=O) groups excluding carboxylic acids is 1. The van der Waals surface area contributed by atoms with Gasteiger partial charge in [0.1, 0.15) is 0 Å². The maximum atomic E-state index is 12.3. The molecule has 1 aromatic rings. The van der Waals surface area contributed by atoms with Crippen molar-refractivity contribution in [1.29, 1.82) is 0 Å². The van der Waals surface area contributed by atoms with Crippen LogP contribution >= 0.6 is 0 Å². The molecule has 2 aliphatic rings. The Kier molecular flexibility index (Phi) is 5.35. The zero-order valence-electron chi connectivity index (χ0n) is 13.3. The summed E-state index contributed by atoms with van der Waals surface area (Å²) in [6, 6.07) is 5.78. The Morgan fingerprint density at radius 3 is 2.78 bits per heavy atom. The van der Waals surface area contributed by atoms with Gasteiger partial charge in [0, 0.05) is 24.3 Å². The number of amides is 1. The van der Waals surface area contributed by atoms with Crippen LogP contribution in [0.25, 0.3) is 0 Å². The number of fused-ring (bicyclic) bond motifs is 1. The Bertz CT molecular complexity index is 543. The molecule has 6 nitrogen and oxygen atoms in total. The van der Waals surface area contributed by atoms with Gasteiger partial charge in [-0.3, -0.25) is 9.69 Å². The number of ether oxygens (including phenoxy) is 2. The van der Waals surface area contributed by atoms with Gasteiger partial charge in [-0.2, -0.15) is 0 Å². The predicted molar refractivity (Wildman–Crippen MR) is 86.7 cm³/mol. The Morgan fingerprint density at radius 2 is 2.00 bits per heavy atom. The molecule has 1 saturated carbocycles. The van der Waals surface area contributed by atoms with Crippen molar-refractivity contribution in [2.45, 2.75) is 38.1 Å². The van der Waals surface area contributed by atoms with E-state index in [1.807, 2.05) is 6.07 Å². The molecule has 126 valence electrons. The van der Waals surface area contributed by atoms with Crippen LogP contribution in [0.2, 0.25) is 0 Å². The van der Waals surface area contributed by atoms with Crippen LogP contribution in [0.1, 0.15) is 32.1 Å². The third-order valence-electron chi connectivity index (χ3n) is 4.48. The van der Waals surface area contributed by atoms with Crippen LogP contribution < -0.4 is 14.8 Å². The minimum absolute atomic E-state index is 0.0668. The number of hydrogen-bond acceptors (Lipinski definition) is 5. The van der Waals surface area contributed by atoms with Crippen molar-refractivity contribution in [3.63, 3.8) is 0 Å². The van der Waals surface area contributed by atoms with E-state index in [0.29, 0.717) is 36.3 Å². The predicted octanol–water partition coefficient (Wildman–Crippen LogP) is 1.98. The van der Waals surface area contributed by atoms with Crippen molar-refractivity contribution in [3.8, 4) is 11.5 Å². The topological polar surface area (TPSA) is 71.0 Å². The van der Waals surface area contributed by atoms with Gasteiger partial charge in [-0.15, -0.1) is 0 Å². The van der Waals surface area contributed by atoms with Crippen molar-refractivity contribution in [1.82, 2.24) is 4.90 Å². The number of hydrogen-bond donors (Lipinski definition) is 2. The summed E-state index contributed by atoms with van der Waals surface area (Å²) in [7, 11) is 0. The molecule has 1 heterocycles. The van der Waals surface area contributed by atoms with Crippen LogP contribution in [0.5, 0.6) is 11.5 Å². The molecule has 23 heavy (non-hydrogen) atoms. The lowest BCUT2D eigenvalue weighted by Crippen LogP contribution is -2.43. The summed E-state index contributed by atoms with van der Waals surface area (Å²) in [5.41, 5.74) is 0.701. The highest BCUT2D eigenvalue weighted by atomic mass is 16.7. The smallest absolute Gasteiger partial charge is 0.238 e. The summed E-state index contributed by atoms with van der Waals surface area (Å²) in [4.78, 5) is 14.4. The molecule has 0 atom stereocenters. The first-order valence-electron chi connectivity index (χ1n) is 8.30. The zero-order valence-corrected chi connectivity index (χ0v) is 13.3. The Balaban J connectivity index is 1.58. The van der Waals surface area contributed by atoms with Gasteiger partial charge in [-0.05, 0) is 25.0 Å². The van der Waals surface area contributed by atoms with E-state index in [2.05, 4.69) is 10.2 Å². The molecule has 1 aliphatic carbocycles. The SMILES string of the molecule is O=C(CN(CCO)C1CCCCC1)Nc1ccc2c(c1)OCO2. The van der Waals surface area contributed by atoms with Crippen LogP contribution in [0.15, 0.2) is 18.2 Å². The summed E-state index contributed by atoms with van der Waals surface area (Å²) >= 11 is 0. The molecule has 1 aromatic carbocycles. The van der Waals surface area contributed by atoms with Crippen molar-refractivity contribution in [3.05, 3.63) is 18.2 Å². The molecular formula is C17H24N2O4. The van der Waals surface area contributed by atoms with E-state index in [0.717, 1.165) is 12.8 Å². The minimum atomic E-state index is -0.0668. The van der Waals surface area contributed by atoms with Gasteiger partial charge in [0.15, 0.2) is 11.5 Å². The van der Waals surface area contributed by atoms with Crippen LogP contribution in [-0.4, -0.2) is 48.4 Å². The van der Waals surface area contributed by atoms with Crippen LogP contribution in [0, 0.1) is 0 Å². The quantitative estimate of drug-likeness (QED) is 0.839. The Hall–Kier alpha value is -1.79. The summed E-state index contributed by atoms with van der Waals surface area (Å²) in [6.45, 7) is 1.14. The highest BCUT2D eigenvalue weighted by Crippen LogP contribution is 2.34. The molecule has 1 amide bonds. The van der Waals surface area contributed by atoms with E-state index >= 15 is 0 Å². The lowest BCUT2D eigenvalue weighted by molar-refractivity contribution is -0.118. The third-order valence-corrected chi connectivity index (χ3v) is 4.48. The molecule has 0 aromatic heterocycles. The van der Waals surface area contributed by atoms with E-state index in [1.165, 1.54) is 19.3 Å². The van der Waals surface area contributed by atoms with Crippen molar-refractivity contribution >= 4 is 11.6 Å². The number of benzene rings is 1. The van der Waals surface area contributed by atoms with E-state index in [1.54, 1.807) is 12.1 Å². The van der Waals surface area contributed by atoms with Gasteiger partial charge in [0.2, 0.25) is 12.7 Å². The molecule has 1 aliphatic heterocycles. The molecule has 0 radical (unpaired) electrons. The van der Waals surface area contributed by atoms with E-state index < -0.39 is 0 Å². The first-order valence-corrected chi connectivity index (χ1v) is 8.30. The first kappa shape index (κ1) is 16.1. The molecular weight excluding hydrogens is 296 g/mol. The fourth-order valence-corrected chi connectivity index (χ4v) is 3.32. The second kappa shape index (κ2) is 7.66. The molecule has 0 bridgehead atoms. The summed E-state index contributed by atoms with van der Waals surface area (Å²) in [5, 5.41) is 12.2. The monoisotopic (exact) mass is 320 g/mol. The van der Waals surface area contributed by atoms with Gasteiger partial charge < -0.3 is 19.9 Å². The molecule has 1 fully saturated rings. The summed E-state index contributed by atoms with van der Waals surface area (Å²) in [5.74, 6) is 1.29. The first-order chi connectivity index (χ1) is 11.3. The Labute approximate surface area is 136 Å². The average Bonchev–Trinajstić information content (AvgIpc) is 3.03. The normalized spacial score (nSPS) is 17.5. The number of carbonyl (C=O) groups is 1. The molecule has 0 saturated heterocycles. The highest BCUT2D eigenvalue weighted by Gasteiger charge is 2.23. The molecule has 0 spiro atoms. The largest absolute Gasteiger partial charge is 0.454 e. The van der Waals surface area contributed by atoms with Crippen LogP contribution in [0.3, 0.4) is 0 Å². The van der Waals surface area contributed by atoms with Gasteiger partial charge in [0.25, 0.3) is 0 Å². The molecule has 0 unspecified atom stereocenters. The summed E-state index contributed by atoms with van der Waals surface area (Å²) in [6.07, 6.45) is 5.90. The summed E-state index contributed by atoms with van der Waals surface area (Å²) < 4.78 is 10.6. The number of aliphatic hydroxyl groups is 1. The van der Waals surface area contributed by atoms with Gasteiger partial charge in [-0.25, -0.2) is 0 Å². The van der Waals surface area contributed by atoms with Crippen molar-refractivity contribution in [2.75, 3.05) is 31.8 Å². The number of anilines is 1. The minimum Gasteiger partial charge on any atom is -0.454 e. The second-order valence-corrected chi connectivity index (χ2v) is 6.10. The lowest BCUT2D eigenvalue weighted by Gasteiger charge is -2.33. The Morgan fingerprint density at radius 1 is 1.22 bits per heavy atom. The van der Waals surface area contributed by atoms with Gasteiger partial charge in [0.05, 0.1) is 13.2 Å². The lowest BCUT2D eigenvalue weighted by atomic mass is 9.94. The maximum absolute atomic E-state index is 12.3. The number of nitrogens with one attached hydrogen (secondary N) is 1. The molecule has 2 N–H and O–H groups in total. The highest BCUT2D eigenvalue weighted by molar-refractivity contribution is 5.92. The number of rotatable bonds is 6. The second-order valence-electron chi connectivity index (χ2n) is 6.10. The third kappa shape index (κ3) is 4.14. The number of nitrogens with zero attached hydrogens (tertiary/aromatic N) is 1. The maximum Gasteiger partial charge on any atom is 0.238 e. The van der Waals surface area contributed by atoms with Gasteiger partial charge >= 0.3 is 0 Å². The van der Waals surface area contributed by atoms with E-state index in [9.17, 15) is 9.90 Å². The number of aliphatic hydroxyl groups excluding tert-OH is 1. The van der Waals surface area contributed by atoms with E-state index in [-0.39, 0.29) is 19.3 Å². The fourth-order valence-electron chi connectivity index (χ4n) is 3.32. The zero-order chi connectivity index (χ0) is 16.1. The van der Waals surface area contributed by atoms with E-state index in [4.69, 9.17) is 9.47 Å². The standard InChI is InChI=1S/C17H24N2O4/c20-9-8-19(14-4-2-1-3-5-14)11-17(21)18-13-6-7-15-16(10-13)23-12-22-15/h6-7,10,14,20H,1-5,8-9,11-12H2,(H,18,21).